The summed E-state index contributed by atoms with van der Waals surface area (Å²) in [7, 11) is 1.53. The average molecular weight is 457 g/mol. The van der Waals surface area contributed by atoms with E-state index >= 15 is 0 Å². The van der Waals surface area contributed by atoms with Crippen LogP contribution in [0.2, 0.25) is 0 Å². The molecule has 8 nitrogen and oxygen atoms in total. The lowest BCUT2D eigenvalue weighted by Gasteiger charge is -2.33. The molecule has 0 aromatic heterocycles. The predicted octanol–water partition coefficient (Wildman–Crippen LogP) is 4.26. The van der Waals surface area contributed by atoms with Crippen LogP contribution in [0.15, 0.2) is 47.4 Å². The highest BCUT2D eigenvalue weighted by molar-refractivity contribution is 7.98. The Kier molecular flexibility index (Phi) is 7.74. The maximum absolute atomic E-state index is 13.3. The number of para-hydroxylation sites is 1. The zero-order valence-corrected chi connectivity index (χ0v) is 19.4. The molecule has 0 aliphatic carbocycles. The second kappa shape index (κ2) is 10.5. The molecule has 1 saturated heterocycles. The van der Waals surface area contributed by atoms with Crippen molar-refractivity contribution >= 4 is 40.6 Å². The first-order chi connectivity index (χ1) is 15.3. The lowest BCUT2D eigenvalue weighted by molar-refractivity contribution is -0.384. The van der Waals surface area contributed by atoms with Gasteiger partial charge in [0.25, 0.3) is 11.6 Å². The molecule has 0 spiro atoms. The van der Waals surface area contributed by atoms with Gasteiger partial charge in [-0.2, -0.15) is 0 Å². The smallest absolute Gasteiger partial charge is 0.270 e. The van der Waals surface area contributed by atoms with Crippen LogP contribution in [0.1, 0.15) is 30.1 Å². The summed E-state index contributed by atoms with van der Waals surface area (Å²) in [6.07, 6.45) is 3.92. The van der Waals surface area contributed by atoms with E-state index in [0.717, 1.165) is 30.8 Å². The van der Waals surface area contributed by atoms with Gasteiger partial charge in [-0.1, -0.05) is 19.1 Å². The Morgan fingerprint density at radius 3 is 2.56 bits per heavy atom. The van der Waals surface area contributed by atoms with E-state index < -0.39 is 10.8 Å². The fourth-order valence-electron chi connectivity index (χ4n) is 3.76. The molecule has 1 N–H and O–H groups in total. The van der Waals surface area contributed by atoms with Crippen molar-refractivity contribution in [1.82, 2.24) is 4.90 Å². The van der Waals surface area contributed by atoms with Crippen LogP contribution in [0.4, 0.5) is 17.1 Å². The maximum atomic E-state index is 13.3. The minimum atomic E-state index is -0.509. The fourth-order valence-corrected chi connectivity index (χ4v) is 4.32. The van der Waals surface area contributed by atoms with Crippen molar-refractivity contribution in [3.05, 3.63) is 58.1 Å². The highest BCUT2D eigenvalue weighted by atomic mass is 32.2. The number of amides is 2. The molecule has 2 aromatic rings. The second-order valence-electron chi connectivity index (χ2n) is 8.04. The van der Waals surface area contributed by atoms with E-state index in [-0.39, 0.29) is 23.7 Å². The minimum Gasteiger partial charge on any atom is -0.371 e. The van der Waals surface area contributed by atoms with Crippen molar-refractivity contribution in [2.45, 2.75) is 24.7 Å². The van der Waals surface area contributed by atoms with Crippen molar-refractivity contribution in [2.75, 3.05) is 43.2 Å². The quantitative estimate of drug-likeness (QED) is 0.380. The summed E-state index contributed by atoms with van der Waals surface area (Å²) in [5.74, 6) is -0.143. The van der Waals surface area contributed by atoms with Crippen LogP contribution in [0.5, 0.6) is 0 Å². The molecular weight excluding hydrogens is 428 g/mol. The molecule has 9 heteroatoms. The number of nitrogens with one attached hydrogen (secondary N) is 1. The Labute approximate surface area is 192 Å². The highest BCUT2D eigenvalue weighted by Crippen LogP contribution is 2.30. The number of thioether (sulfide) groups is 1. The van der Waals surface area contributed by atoms with E-state index in [4.69, 9.17) is 0 Å². The maximum Gasteiger partial charge on any atom is 0.270 e. The van der Waals surface area contributed by atoms with Crippen molar-refractivity contribution in [3.8, 4) is 0 Å². The number of nitro benzene ring substituents is 1. The lowest BCUT2D eigenvalue weighted by atomic mass is 9.97. The van der Waals surface area contributed by atoms with Crippen molar-refractivity contribution < 1.29 is 14.5 Å². The molecule has 2 aromatic carbocycles. The first-order valence-electron chi connectivity index (χ1n) is 10.5. The number of benzene rings is 2. The molecule has 1 fully saturated rings. The summed E-state index contributed by atoms with van der Waals surface area (Å²) < 4.78 is 0. The van der Waals surface area contributed by atoms with Crippen LogP contribution in [-0.4, -0.2) is 54.6 Å². The Morgan fingerprint density at radius 2 is 1.91 bits per heavy atom. The molecule has 0 atom stereocenters. The number of anilines is 2. The van der Waals surface area contributed by atoms with Crippen LogP contribution >= 0.6 is 11.8 Å². The third-order valence-corrected chi connectivity index (χ3v) is 6.45. The van der Waals surface area contributed by atoms with Gasteiger partial charge in [-0.25, -0.2) is 0 Å². The highest BCUT2D eigenvalue weighted by Gasteiger charge is 2.26. The number of carbonyl (C=O) groups is 2. The van der Waals surface area contributed by atoms with Gasteiger partial charge in [0, 0.05) is 37.2 Å². The van der Waals surface area contributed by atoms with Gasteiger partial charge < -0.3 is 15.1 Å². The first-order valence-corrected chi connectivity index (χ1v) is 11.7. The van der Waals surface area contributed by atoms with E-state index in [2.05, 4.69) is 17.1 Å². The van der Waals surface area contributed by atoms with Crippen LogP contribution in [0, 0.1) is 16.0 Å². The minimum absolute atomic E-state index is 0.144. The largest absolute Gasteiger partial charge is 0.371 e. The van der Waals surface area contributed by atoms with E-state index in [9.17, 15) is 19.7 Å². The van der Waals surface area contributed by atoms with Gasteiger partial charge in [-0.3, -0.25) is 19.7 Å². The van der Waals surface area contributed by atoms with E-state index in [1.807, 2.05) is 30.5 Å². The third kappa shape index (κ3) is 5.59. The lowest BCUT2D eigenvalue weighted by Crippen LogP contribution is -2.38. The van der Waals surface area contributed by atoms with Gasteiger partial charge in [-0.05, 0) is 43.2 Å². The number of hydrogen-bond acceptors (Lipinski definition) is 6. The van der Waals surface area contributed by atoms with Gasteiger partial charge >= 0.3 is 0 Å². The first kappa shape index (κ1) is 23.6. The van der Waals surface area contributed by atoms with Gasteiger partial charge in [0.15, 0.2) is 0 Å². The summed E-state index contributed by atoms with van der Waals surface area (Å²) in [5, 5.41) is 14.2. The number of likely N-dealkylation sites (N-methyl/N-ethyl adjacent to an activating group) is 1. The number of nitrogens with zero attached hydrogens (tertiary/aromatic N) is 3. The zero-order chi connectivity index (χ0) is 23.3. The Bertz CT molecular complexity index is 1010. The van der Waals surface area contributed by atoms with Gasteiger partial charge in [-0.15, -0.1) is 11.8 Å². The van der Waals surface area contributed by atoms with Crippen LogP contribution < -0.4 is 10.2 Å². The monoisotopic (exact) mass is 456 g/mol. The number of piperidine rings is 1. The molecule has 1 heterocycles. The molecule has 2 amide bonds. The summed E-state index contributed by atoms with van der Waals surface area (Å²) in [4.78, 5) is 41.0. The predicted molar refractivity (Wildman–Crippen MR) is 128 cm³/mol. The Morgan fingerprint density at radius 1 is 1.22 bits per heavy atom. The third-order valence-electron chi connectivity index (χ3n) is 5.65. The summed E-state index contributed by atoms with van der Waals surface area (Å²) in [5.41, 5.74) is 1.46. The summed E-state index contributed by atoms with van der Waals surface area (Å²) >= 11 is 1.52. The Hall–Kier alpha value is -3.07. The second-order valence-corrected chi connectivity index (χ2v) is 8.89. The zero-order valence-electron chi connectivity index (χ0n) is 18.5. The van der Waals surface area contributed by atoms with Gasteiger partial charge in [0.2, 0.25) is 5.91 Å². The van der Waals surface area contributed by atoms with E-state index in [1.54, 1.807) is 6.07 Å². The molecule has 3 rings (SSSR count). The number of hydrogen-bond donors (Lipinski definition) is 1. The fraction of sp³-hybridized carbons (Fsp3) is 0.391. The average Bonchev–Trinajstić information content (AvgIpc) is 2.79. The van der Waals surface area contributed by atoms with Crippen LogP contribution in [0.25, 0.3) is 0 Å². The number of rotatable bonds is 7. The molecule has 0 unspecified atom stereocenters. The number of non-ortho nitro benzene ring substituents is 1. The molecule has 0 saturated carbocycles. The number of nitro groups is 1. The topological polar surface area (TPSA) is 95.8 Å². The number of carbonyl (C=O) groups excluding carboxylic acids is 2. The molecule has 32 heavy (non-hydrogen) atoms. The molecule has 0 radical (unpaired) electrons. The summed E-state index contributed by atoms with van der Waals surface area (Å²) in [6.45, 7) is 3.60. The van der Waals surface area contributed by atoms with Crippen LogP contribution in [-0.2, 0) is 4.79 Å². The molecule has 1 aliphatic rings. The van der Waals surface area contributed by atoms with Crippen molar-refractivity contribution in [3.63, 3.8) is 0 Å². The molecule has 1 aliphatic heterocycles. The van der Waals surface area contributed by atoms with E-state index in [1.165, 1.54) is 35.8 Å². The SMILES string of the molecule is CSc1ccccc1NC(=O)CN(C)C(=O)c1cc([N+](=O)[O-])ccc1N1CCC(C)CC1. The summed E-state index contributed by atoms with van der Waals surface area (Å²) in [6, 6.07) is 11.8. The standard InChI is InChI=1S/C23H28N4O4S/c1-16-10-12-26(13-11-16)20-9-8-17(27(30)31)14-18(20)23(29)25(2)15-22(28)24-19-6-4-5-7-21(19)32-3/h4-9,14,16H,10-13,15H2,1-3H3,(H,24,28). The normalized spacial score (nSPS) is 14.2. The van der Waals surface area contributed by atoms with Crippen molar-refractivity contribution in [2.24, 2.45) is 5.92 Å². The van der Waals surface area contributed by atoms with Gasteiger partial charge in [0.1, 0.15) is 0 Å². The molecular formula is C23H28N4O4S. The van der Waals surface area contributed by atoms with Gasteiger partial charge in [0.05, 0.1) is 28.4 Å². The van der Waals surface area contributed by atoms with E-state index in [0.29, 0.717) is 17.3 Å². The molecule has 170 valence electrons. The van der Waals surface area contributed by atoms with Crippen molar-refractivity contribution in [1.29, 1.82) is 0 Å². The van der Waals surface area contributed by atoms with Crippen LogP contribution in [0.3, 0.4) is 0 Å². The Balaban J connectivity index is 1.79. The molecule has 0 bridgehead atoms.